The maximum absolute atomic E-state index is 3.37. The third-order valence-corrected chi connectivity index (χ3v) is 4.13. The summed E-state index contributed by atoms with van der Waals surface area (Å²) in [4.78, 5) is 3.37. The minimum atomic E-state index is 1.27. The third-order valence-electron chi connectivity index (χ3n) is 3.03. The Bertz CT molecular complexity index is 267. The van der Waals surface area contributed by atoms with Gasteiger partial charge >= 0.3 is 0 Å². The van der Waals surface area contributed by atoms with Crippen LogP contribution >= 0.6 is 8.19 Å². The van der Waals surface area contributed by atoms with Crippen molar-refractivity contribution in [1.29, 1.82) is 0 Å². The van der Waals surface area contributed by atoms with Crippen molar-refractivity contribution in [2.75, 3.05) is 0 Å². The van der Waals surface area contributed by atoms with Crippen molar-refractivity contribution < 1.29 is 0 Å². The minimum Gasteiger partial charge on any atom is -0.361 e. The van der Waals surface area contributed by atoms with Gasteiger partial charge in [0, 0.05) is 11.6 Å². The monoisotopic (exact) mass is 239 g/mol. The van der Waals surface area contributed by atoms with E-state index in [-0.39, 0.29) is 0 Å². The van der Waals surface area contributed by atoms with E-state index in [0.717, 1.165) is 0 Å². The van der Waals surface area contributed by atoms with E-state index < -0.39 is 0 Å². The predicted octanol–water partition coefficient (Wildman–Crippen LogP) is 5.59. The smallest absolute Gasteiger partial charge is 0.0427 e. The van der Waals surface area contributed by atoms with Crippen LogP contribution in [0.5, 0.6) is 0 Å². The Morgan fingerprint density at radius 3 is 2.19 bits per heavy atom. The Labute approximate surface area is 102 Å². The molecular formula is C14H26NP. The van der Waals surface area contributed by atoms with Gasteiger partial charge in [-0.05, 0) is 33.3 Å². The maximum atomic E-state index is 3.37. The Morgan fingerprint density at radius 2 is 1.62 bits per heavy atom. The van der Waals surface area contributed by atoms with E-state index in [2.05, 4.69) is 25.0 Å². The second-order valence-corrected chi connectivity index (χ2v) is 6.18. The number of aryl methyl sites for hydroxylation is 2. The van der Waals surface area contributed by atoms with Crippen molar-refractivity contribution in [1.82, 2.24) is 4.98 Å². The zero-order valence-corrected chi connectivity index (χ0v) is 11.8. The quantitative estimate of drug-likeness (QED) is 0.541. The average Bonchev–Trinajstić information content (AvgIpc) is 2.68. The number of hydrogen-bond acceptors (Lipinski definition) is 0. The van der Waals surface area contributed by atoms with Crippen molar-refractivity contribution in [3.8, 4) is 0 Å². The topological polar surface area (TPSA) is 15.8 Å². The lowest BCUT2D eigenvalue weighted by Crippen LogP contribution is -1.84. The number of aromatic nitrogens is 1. The summed E-state index contributed by atoms with van der Waals surface area (Å²) in [5, 5.41) is 1.45. The minimum absolute atomic E-state index is 1.27. The molecule has 0 unspecified atom stereocenters. The lowest BCUT2D eigenvalue weighted by atomic mass is 10.1. The van der Waals surface area contributed by atoms with Crippen LogP contribution in [0.4, 0.5) is 0 Å². The first-order valence-electron chi connectivity index (χ1n) is 6.84. The molecule has 1 heterocycles. The van der Waals surface area contributed by atoms with E-state index in [1.165, 1.54) is 76.7 Å². The lowest BCUT2D eigenvalue weighted by molar-refractivity contribution is 0.575. The molecule has 0 saturated carbocycles. The Balaban J connectivity index is 1.88. The van der Waals surface area contributed by atoms with Crippen molar-refractivity contribution in [3.05, 3.63) is 16.9 Å². The van der Waals surface area contributed by atoms with Crippen LogP contribution < -0.4 is 0 Å². The molecule has 0 aliphatic rings. The largest absolute Gasteiger partial charge is 0.361 e. The van der Waals surface area contributed by atoms with Crippen LogP contribution in [0.15, 0.2) is 6.20 Å². The van der Waals surface area contributed by atoms with E-state index in [1.54, 1.807) is 0 Å². The molecule has 0 bridgehead atoms. The summed E-state index contributed by atoms with van der Waals surface area (Å²) < 4.78 is 0. The average molecular weight is 239 g/mol. The van der Waals surface area contributed by atoms with Crippen LogP contribution in [0.25, 0.3) is 0 Å². The highest BCUT2D eigenvalue weighted by Crippen LogP contribution is 2.20. The number of nitrogens with one attached hydrogen (secondary N) is 1. The Kier molecular flexibility index (Phi) is 7.59. The molecule has 0 fully saturated rings. The van der Waals surface area contributed by atoms with Gasteiger partial charge in [-0.1, -0.05) is 51.9 Å². The van der Waals surface area contributed by atoms with E-state index in [4.69, 9.17) is 0 Å². The lowest BCUT2D eigenvalue weighted by Gasteiger charge is -2.00. The van der Waals surface area contributed by atoms with Gasteiger partial charge in [-0.2, -0.15) is 0 Å². The molecule has 92 valence electrons. The molecule has 16 heavy (non-hydrogen) atoms. The van der Waals surface area contributed by atoms with Crippen LogP contribution in [-0.4, -0.2) is 4.98 Å². The SMILES string of the molecule is CCCCCCCCCCc1[nH]cc(C)p1. The molecule has 0 saturated heterocycles. The molecule has 0 amide bonds. The number of rotatable bonds is 9. The van der Waals surface area contributed by atoms with Gasteiger partial charge in [0.1, 0.15) is 0 Å². The van der Waals surface area contributed by atoms with Gasteiger partial charge in [0.15, 0.2) is 0 Å². The standard InChI is InChI=1S/C14H26NP/c1-3-4-5-6-7-8-9-10-11-14-15-12-13(2)16-14/h12,15H,3-11H2,1-2H3. The third kappa shape index (κ3) is 6.33. The van der Waals surface area contributed by atoms with Crippen LogP contribution in [-0.2, 0) is 6.42 Å². The fourth-order valence-corrected chi connectivity index (χ4v) is 2.97. The zero-order chi connectivity index (χ0) is 11.6. The molecule has 1 nitrogen and oxygen atoms in total. The predicted molar refractivity (Wildman–Crippen MR) is 74.4 cm³/mol. The molecule has 1 N–H and O–H groups in total. The summed E-state index contributed by atoms with van der Waals surface area (Å²) in [6, 6.07) is 0. The van der Waals surface area contributed by atoms with Crippen molar-refractivity contribution >= 4 is 8.19 Å². The summed E-state index contributed by atoms with van der Waals surface area (Å²) in [6.07, 6.45) is 14.7. The molecule has 2 heteroatoms. The summed E-state index contributed by atoms with van der Waals surface area (Å²) >= 11 is 0. The van der Waals surface area contributed by atoms with Gasteiger partial charge < -0.3 is 4.98 Å². The molecule has 0 spiro atoms. The molecular weight excluding hydrogens is 213 g/mol. The molecule has 1 aromatic rings. The molecule has 0 radical (unpaired) electrons. The van der Waals surface area contributed by atoms with Crippen LogP contribution in [0.2, 0.25) is 0 Å². The number of H-pyrrole nitrogens is 1. The van der Waals surface area contributed by atoms with E-state index in [0.29, 0.717) is 0 Å². The van der Waals surface area contributed by atoms with Gasteiger partial charge in [-0.15, -0.1) is 0 Å². The highest BCUT2D eigenvalue weighted by molar-refractivity contribution is 7.31. The maximum Gasteiger partial charge on any atom is 0.0427 e. The number of unbranched alkanes of at least 4 members (excludes halogenated alkanes) is 7. The van der Waals surface area contributed by atoms with Crippen molar-refractivity contribution in [3.63, 3.8) is 0 Å². The number of hydrogen-bond donors (Lipinski definition) is 1. The molecule has 1 rings (SSSR count). The van der Waals surface area contributed by atoms with Crippen LogP contribution in [0.3, 0.4) is 0 Å². The second kappa shape index (κ2) is 8.82. The van der Waals surface area contributed by atoms with Crippen molar-refractivity contribution in [2.45, 2.75) is 71.6 Å². The first-order valence-corrected chi connectivity index (χ1v) is 7.73. The van der Waals surface area contributed by atoms with E-state index in [9.17, 15) is 0 Å². The fourth-order valence-electron chi connectivity index (χ4n) is 2.02. The van der Waals surface area contributed by atoms with Crippen LogP contribution in [0, 0.1) is 6.92 Å². The highest BCUT2D eigenvalue weighted by Gasteiger charge is 1.96. The van der Waals surface area contributed by atoms with Gasteiger partial charge in [-0.25, -0.2) is 0 Å². The summed E-state index contributed by atoms with van der Waals surface area (Å²) in [5.41, 5.74) is 1.50. The van der Waals surface area contributed by atoms with Gasteiger partial charge in [0.25, 0.3) is 0 Å². The van der Waals surface area contributed by atoms with E-state index in [1.807, 2.05) is 0 Å². The van der Waals surface area contributed by atoms with E-state index >= 15 is 0 Å². The zero-order valence-electron chi connectivity index (χ0n) is 10.9. The first kappa shape index (κ1) is 13.8. The summed E-state index contributed by atoms with van der Waals surface area (Å²) in [5.74, 6) is 0. The summed E-state index contributed by atoms with van der Waals surface area (Å²) in [7, 11) is 1.43. The van der Waals surface area contributed by atoms with Crippen LogP contribution in [0.1, 0.15) is 69.0 Å². The highest BCUT2D eigenvalue weighted by atomic mass is 31.0. The second-order valence-electron chi connectivity index (χ2n) is 4.71. The van der Waals surface area contributed by atoms with Gasteiger partial charge in [0.05, 0.1) is 0 Å². The fraction of sp³-hybridized carbons (Fsp3) is 0.786. The van der Waals surface area contributed by atoms with Gasteiger partial charge in [-0.3, -0.25) is 0 Å². The molecule has 0 aliphatic heterocycles. The molecule has 0 aliphatic carbocycles. The first-order chi connectivity index (χ1) is 7.83. The molecule has 0 aromatic carbocycles. The van der Waals surface area contributed by atoms with Gasteiger partial charge in [0.2, 0.25) is 0 Å². The molecule has 0 atom stereocenters. The van der Waals surface area contributed by atoms with Crippen molar-refractivity contribution in [2.24, 2.45) is 0 Å². The normalized spacial score (nSPS) is 11.4. The Morgan fingerprint density at radius 1 is 1.00 bits per heavy atom. The summed E-state index contributed by atoms with van der Waals surface area (Å²) in [6.45, 7) is 4.47. The molecule has 1 aromatic heterocycles. The number of aromatic amines is 1. The Hall–Kier alpha value is -0.290.